The standard InChI is InChI=1S/C23H28FN3O3/c1-3-11-25-12-14-28-16-18-4-6-19(7-5-18)22-26-23(30-27-22)20-8-9-21(17(2)15-20)29-13-10-24/h4-9,15,25H,3,10-14,16H2,1-2H3. The molecule has 0 aliphatic heterocycles. The fraction of sp³-hybridized carbons (Fsp3) is 0.391. The van der Waals surface area contributed by atoms with Crippen LogP contribution in [0.2, 0.25) is 0 Å². The number of halogens is 1. The summed E-state index contributed by atoms with van der Waals surface area (Å²) in [5.74, 6) is 1.60. The molecule has 0 atom stereocenters. The first-order valence-corrected chi connectivity index (χ1v) is 10.2. The van der Waals surface area contributed by atoms with Gasteiger partial charge in [0.25, 0.3) is 5.89 Å². The van der Waals surface area contributed by atoms with Crippen LogP contribution in [0.3, 0.4) is 0 Å². The Kier molecular flexibility index (Phi) is 8.35. The van der Waals surface area contributed by atoms with Crippen molar-refractivity contribution in [3.05, 3.63) is 53.6 Å². The van der Waals surface area contributed by atoms with Gasteiger partial charge in [-0.15, -0.1) is 0 Å². The molecule has 1 heterocycles. The summed E-state index contributed by atoms with van der Waals surface area (Å²) in [5, 5.41) is 7.40. The molecule has 0 radical (unpaired) electrons. The zero-order chi connectivity index (χ0) is 21.2. The van der Waals surface area contributed by atoms with Crippen molar-refractivity contribution >= 4 is 0 Å². The van der Waals surface area contributed by atoms with Crippen LogP contribution < -0.4 is 10.1 Å². The van der Waals surface area contributed by atoms with E-state index in [1.807, 2.05) is 43.3 Å². The average Bonchev–Trinajstić information content (AvgIpc) is 3.26. The third-order valence-corrected chi connectivity index (χ3v) is 4.51. The topological polar surface area (TPSA) is 69.4 Å². The Bertz CT molecular complexity index is 912. The summed E-state index contributed by atoms with van der Waals surface area (Å²) in [4.78, 5) is 4.50. The number of aromatic nitrogens is 2. The van der Waals surface area contributed by atoms with Crippen molar-refractivity contribution in [1.82, 2.24) is 15.5 Å². The number of aryl methyl sites for hydroxylation is 1. The van der Waals surface area contributed by atoms with E-state index in [1.165, 1.54) is 0 Å². The first-order valence-electron chi connectivity index (χ1n) is 10.2. The monoisotopic (exact) mass is 413 g/mol. The number of hydrogen-bond donors (Lipinski definition) is 1. The molecule has 0 bridgehead atoms. The van der Waals surface area contributed by atoms with Crippen molar-refractivity contribution in [3.8, 4) is 28.6 Å². The van der Waals surface area contributed by atoms with Crippen LogP contribution in [0.1, 0.15) is 24.5 Å². The Morgan fingerprint density at radius 2 is 1.83 bits per heavy atom. The molecule has 3 aromatic rings. The van der Waals surface area contributed by atoms with E-state index in [1.54, 1.807) is 6.07 Å². The van der Waals surface area contributed by atoms with Crippen molar-refractivity contribution in [2.45, 2.75) is 26.9 Å². The molecule has 30 heavy (non-hydrogen) atoms. The van der Waals surface area contributed by atoms with Crippen molar-refractivity contribution in [2.75, 3.05) is 33.0 Å². The molecule has 2 aromatic carbocycles. The first kappa shape index (κ1) is 21.9. The molecule has 1 N–H and O–H groups in total. The molecular formula is C23H28FN3O3. The Morgan fingerprint density at radius 1 is 1.03 bits per heavy atom. The molecule has 0 aliphatic rings. The van der Waals surface area contributed by atoms with Gasteiger partial charge in [-0.1, -0.05) is 36.3 Å². The fourth-order valence-corrected chi connectivity index (χ4v) is 2.94. The van der Waals surface area contributed by atoms with E-state index in [0.717, 1.165) is 41.8 Å². The largest absolute Gasteiger partial charge is 0.491 e. The van der Waals surface area contributed by atoms with E-state index in [2.05, 4.69) is 22.4 Å². The van der Waals surface area contributed by atoms with Crippen LogP contribution in [0.25, 0.3) is 22.8 Å². The lowest BCUT2D eigenvalue weighted by atomic mass is 10.1. The van der Waals surface area contributed by atoms with Crippen LogP contribution >= 0.6 is 0 Å². The number of rotatable bonds is 12. The zero-order valence-corrected chi connectivity index (χ0v) is 17.5. The van der Waals surface area contributed by atoms with Gasteiger partial charge in [0.15, 0.2) is 0 Å². The number of nitrogens with one attached hydrogen (secondary N) is 1. The van der Waals surface area contributed by atoms with Crippen molar-refractivity contribution in [1.29, 1.82) is 0 Å². The van der Waals surface area contributed by atoms with Gasteiger partial charge in [0.2, 0.25) is 5.82 Å². The molecule has 160 valence electrons. The van der Waals surface area contributed by atoms with E-state index in [4.69, 9.17) is 14.0 Å². The quantitative estimate of drug-likeness (QED) is 0.439. The maximum Gasteiger partial charge on any atom is 0.258 e. The molecule has 0 spiro atoms. The van der Waals surface area contributed by atoms with Crippen LogP contribution in [0.4, 0.5) is 4.39 Å². The summed E-state index contributed by atoms with van der Waals surface area (Å²) in [6.45, 7) is 6.70. The van der Waals surface area contributed by atoms with E-state index in [0.29, 0.717) is 30.7 Å². The van der Waals surface area contributed by atoms with Gasteiger partial charge in [0.05, 0.1) is 13.2 Å². The summed E-state index contributed by atoms with van der Waals surface area (Å²) >= 11 is 0. The van der Waals surface area contributed by atoms with Gasteiger partial charge in [0, 0.05) is 17.7 Å². The molecule has 0 unspecified atom stereocenters. The number of ether oxygens (including phenoxy) is 2. The molecule has 0 amide bonds. The number of alkyl halides is 1. The Morgan fingerprint density at radius 3 is 2.57 bits per heavy atom. The van der Waals surface area contributed by atoms with Gasteiger partial charge in [-0.25, -0.2) is 4.39 Å². The summed E-state index contributed by atoms with van der Waals surface area (Å²) in [7, 11) is 0. The smallest absolute Gasteiger partial charge is 0.258 e. The molecule has 6 nitrogen and oxygen atoms in total. The molecule has 0 saturated heterocycles. The van der Waals surface area contributed by atoms with Crippen LogP contribution in [0, 0.1) is 6.92 Å². The number of nitrogens with zero attached hydrogens (tertiary/aromatic N) is 2. The Hall–Kier alpha value is -2.77. The van der Waals surface area contributed by atoms with Crippen molar-refractivity contribution in [3.63, 3.8) is 0 Å². The third-order valence-electron chi connectivity index (χ3n) is 4.51. The Labute approximate surface area is 176 Å². The van der Waals surface area contributed by atoms with Crippen molar-refractivity contribution in [2.24, 2.45) is 0 Å². The minimum Gasteiger partial charge on any atom is -0.491 e. The predicted octanol–water partition coefficient (Wildman–Crippen LogP) is 4.58. The zero-order valence-electron chi connectivity index (χ0n) is 17.5. The molecule has 0 saturated carbocycles. The molecule has 0 fully saturated rings. The van der Waals surface area contributed by atoms with Crippen LogP contribution in [0.15, 0.2) is 47.0 Å². The van der Waals surface area contributed by atoms with Gasteiger partial charge in [0.1, 0.15) is 19.0 Å². The number of hydrogen-bond acceptors (Lipinski definition) is 6. The lowest BCUT2D eigenvalue weighted by molar-refractivity contribution is 0.123. The minimum absolute atomic E-state index is 0.0433. The third kappa shape index (κ3) is 6.11. The van der Waals surface area contributed by atoms with Crippen LogP contribution in [0.5, 0.6) is 5.75 Å². The summed E-state index contributed by atoms with van der Waals surface area (Å²) < 4.78 is 28.8. The molecule has 7 heteroatoms. The van der Waals surface area contributed by atoms with E-state index in [9.17, 15) is 4.39 Å². The molecular weight excluding hydrogens is 385 g/mol. The average molecular weight is 413 g/mol. The highest BCUT2D eigenvalue weighted by molar-refractivity contribution is 5.61. The fourth-order valence-electron chi connectivity index (χ4n) is 2.94. The lowest BCUT2D eigenvalue weighted by Gasteiger charge is -2.07. The summed E-state index contributed by atoms with van der Waals surface area (Å²) in [6, 6.07) is 13.4. The maximum absolute atomic E-state index is 12.3. The maximum atomic E-state index is 12.3. The SMILES string of the molecule is CCCNCCOCc1ccc(-c2noc(-c3ccc(OCCF)c(C)c3)n2)cc1. The van der Waals surface area contributed by atoms with Gasteiger partial charge in [-0.2, -0.15) is 4.98 Å². The van der Waals surface area contributed by atoms with Crippen molar-refractivity contribution < 1.29 is 18.4 Å². The molecule has 0 aliphatic carbocycles. The van der Waals surface area contributed by atoms with Crippen LogP contribution in [-0.4, -0.2) is 43.1 Å². The van der Waals surface area contributed by atoms with Gasteiger partial charge >= 0.3 is 0 Å². The second kappa shape index (κ2) is 11.4. The van der Waals surface area contributed by atoms with Crippen LogP contribution in [-0.2, 0) is 11.3 Å². The molecule has 3 rings (SSSR count). The minimum atomic E-state index is -0.519. The second-order valence-corrected chi connectivity index (χ2v) is 6.94. The molecule has 1 aromatic heterocycles. The van der Waals surface area contributed by atoms with E-state index >= 15 is 0 Å². The van der Waals surface area contributed by atoms with Gasteiger partial charge in [-0.3, -0.25) is 0 Å². The summed E-state index contributed by atoms with van der Waals surface area (Å²) in [5.41, 5.74) is 3.64. The lowest BCUT2D eigenvalue weighted by Crippen LogP contribution is -2.20. The van der Waals surface area contributed by atoms with Gasteiger partial charge < -0.3 is 19.3 Å². The predicted molar refractivity (Wildman–Crippen MR) is 114 cm³/mol. The summed E-state index contributed by atoms with van der Waals surface area (Å²) in [6.07, 6.45) is 1.12. The number of benzene rings is 2. The highest BCUT2D eigenvalue weighted by Crippen LogP contribution is 2.27. The van der Waals surface area contributed by atoms with E-state index < -0.39 is 6.67 Å². The second-order valence-electron chi connectivity index (χ2n) is 6.94. The Balaban J connectivity index is 1.58. The highest BCUT2D eigenvalue weighted by Gasteiger charge is 2.12. The highest BCUT2D eigenvalue weighted by atomic mass is 19.1. The van der Waals surface area contributed by atoms with E-state index in [-0.39, 0.29) is 6.61 Å². The first-order chi connectivity index (χ1) is 14.7. The van der Waals surface area contributed by atoms with Gasteiger partial charge in [-0.05, 0) is 49.2 Å². The normalized spacial score (nSPS) is 11.0.